The summed E-state index contributed by atoms with van der Waals surface area (Å²) in [5.41, 5.74) is 0. The van der Waals surface area contributed by atoms with Crippen LogP contribution in [-0.4, -0.2) is 28.3 Å². The Bertz CT molecular complexity index is 113. The molecule has 0 bridgehead atoms. The summed E-state index contributed by atoms with van der Waals surface area (Å²) < 4.78 is 0.671. The molecule has 1 heterocycles. The first-order valence-electron chi connectivity index (χ1n) is 2.63. The number of hydrogen-bond acceptors (Lipinski definition) is 1. The van der Waals surface area contributed by atoms with Crippen molar-refractivity contribution in [3.05, 3.63) is 0 Å². The Hall–Kier alpha value is 0.200. The minimum absolute atomic E-state index is 0.671. The van der Waals surface area contributed by atoms with Gasteiger partial charge in [0.1, 0.15) is 0 Å². The molecule has 8 heavy (non-hydrogen) atoms. The summed E-state index contributed by atoms with van der Waals surface area (Å²) in [7, 11) is 1.97. The first-order valence-corrected chi connectivity index (χ1v) is 3.87. The van der Waals surface area contributed by atoms with E-state index in [1.165, 1.54) is 0 Å². The minimum atomic E-state index is 0.671. The van der Waals surface area contributed by atoms with E-state index in [0.717, 1.165) is 18.8 Å². The molecule has 1 aliphatic heterocycles. The molecule has 1 rings (SSSR count). The average molecular weight is 224 g/mol. The maximum absolute atomic E-state index is 7.31. The van der Waals surface area contributed by atoms with Gasteiger partial charge in [0.25, 0.3) is 0 Å². The number of rotatable bonds is 0. The van der Waals surface area contributed by atoms with Crippen LogP contribution in [0.5, 0.6) is 0 Å². The van der Waals surface area contributed by atoms with E-state index < -0.39 is 0 Å². The van der Waals surface area contributed by atoms with Crippen molar-refractivity contribution in [1.29, 1.82) is 5.41 Å². The average Bonchev–Trinajstić information content (AvgIpc) is 1.85. The largest absolute Gasteiger partial charge is 0.363 e. The molecule has 0 amide bonds. The summed E-state index contributed by atoms with van der Waals surface area (Å²) in [6.45, 7) is 1.05. The maximum atomic E-state index is 7.31. The van der Waals surface area contributed by atoms with E-state index in [0.29, 0.717) is 3.92 Å². The van der Waals surface area contributed by atoms with E-state index in [1.54, 1.807) is 0 Å². The van der Waals surface area contributed by atoms with Crippen LogP contribution in [0.2, 0.25) is 0 Å². The Morgan fingerprint density at radius 1 is 1.88 bits per heavy atom. The quantitative estimate of drug-likeness (QED) is 0.484. The highest BCUT2D eigenvalue weighted by Crippen LogP contribution is 2.16. The molecule has 2 nitrogen and oxygen atoms in total. The highest BCUT2D eigenvalue weighted by Gasteiger charge is 2.20. The Balaban J connectivity index is 2.51. The van der Waals surface area contributed by atoms with Crippen LogP contribution in [0, 0.1) is 5.41 Å². The molecule has 0 aromatic rings. The van der Waals surface area contributed by atoms with Crippen LogP contribution in [0.3, 0.4) is 0 Å². The Morgan fingerprint density at radius 2 is 2.50 bits per heavy atom. The minimum Gasteiger partial charge on any atom is -0.363 e. The number of hydrogen-bond donors (Lipinski definition) is 1. The first-order chi connectivity index (χ1) is 3.70. The van der Waals surface area contributed by atoms with Crippen molar-refractivity contribution < 1.29 is 0 Å². The van der Waals surface area contributed by atoms with Gasteiger partial charge in [0.2, 0.25) is 0 Å². The third-order valence-corrected chi connectivity index (χ3v) is 2.18. The summed E-state index contributed by atoms with van der Waals surface area (Å²) in [4.78, 5) is 2.00. The number of amidine groups is 1. The molecule has 0 saturated carbocycles. The third-order valence-electron chi connectivity index (χ3n) is 1.35. The summed E-state index contributed by atoms with van der Waals surface area (Å²) in [5.74, 6) is 0.782. The molecule has 0 aromatic carbocycles. The Kier molecular flexibility index (Phi) is 1.74. The van der Waals surface area contributed by atoms with Gasteiger partial charge in [0, 0.05) is 23.9 Å². The number of nitrogens with one attached hydrogen (secondary N) is 1. The molecule has 1 unspecified atom stereocenters. The number of nitrogens with zero attached hydrogens (tertiary/aromatic N) is 1. The van der Waals surface area contributed by atoms with Crippen LogP contribution in [0.25, 0.3) is 0 Å². The van der Waals surface area contributed by atoms with Crippen molar-refractivity contribution in [3.8, 4) is 0 Å². The molecular formula is C5H9IN2. The van der Waals surface area contributed by atoms with E-state index in [-0.39, 0.29) is 0 Å². The van der Waals surface area contributed by atoms with Gasteiger partial charge in [-0.25, -0.2) is 0 Å². The molecule has 3 heteroatoms. The smallest absolute Gasteiger partial charge is 0.0966 e. The molecular weight excluding hydrogens is 215 g/mol. The van der Waals surface area contributed by atoms with Gasteiger partial charge < -0.3 is 4.90 Å². The lowest BCUT2D eigenvalue weighted by atomic mass is 10.4. The Labute approximate surface area is 62.9 Å². The molecule has 46 valence electrons. The van der Waals surface area contributed by atoms with Crippen LogP contribution in [0.15, 0.2) is 0 Å². The summed E-state index contributed by atoms with van der Waals surface area (Å²) in [6, 6.07) is 0. The molecule has 0 aliphatic carbocycles. The third kappa shape index (κ3) is 1.13. The fraction of sp³-hybridized carbons (Fsp3) is 0.800. The molecule has 0 spiro atoms. The Morgan fingerprint density at radius 3 is 2.62 bits per heavy atom. The molecule has 1 fully saturated rings. The fourth-order valence-electron chi connectivity index (χ4n) is 0.838. The first kappa shape index (κ1) is 6.32. The maximum Gasteiger partial charge on any atom is 0.0966 e. The normalized spacial score (nSPS) is 29.5. The SMILES string of the molecule is CN1CC(I)CC1=N. The van der Waals surface area contributed by atoms with Crippen molar-refractivity contribution in [2.75, 3.05) is 13.6 Å². The molecule has 1 atom stereocenters. The summed E-state index contributed by atoms with van der Waals surface area (Å²) in [6.07, 6.45) is 0.955. The lowest BCUT2D eigenvalue weighted by Crippen LogP contribution is -2.18. The topological polar surface area (TPSA) is 27.1 Å². The van der Waals surface area contributed by atoms with Crippen molar-refractivity contribution in [3.63, 3.8) is 0 Å². The second-order valence-electron chi connectivity index (χ2n) is 2.13. The lowest BCUT2D eigenvalue weighted by Gasteiger charge is -2.07. The van der Waals surface area contributed by atoms with Gasteiger partial charge >= 0.3 is 0 Å². The van der Waals surface area contributed by atoms with E-state index in [2.05, 4.69) is 22.6 Å². The molecule has 0 radical (unpaired) electrons. The zero-order chi connectivity index (χ0) is 6.15. The fourth-order valence-corrected chi connectivity index (χ4v) is 1.85. The predicted molar refractivity (Wildman–Crippen MR) is 42.8 cm³/mol. The van der Waals surface area contributed by atoms with Crippen LogP contribution in [-0.2, 0) is 0 Å². The van der Waals surface area contributed by atoms with Crippen LogP contribution in [0.4, 0.5) is 0 Å². The van der Waals surface area contributed by atoms with Crippen LogP contribution in [0.1, 0.15) is 6.42 Å². The van der Waals surface area contributed by atoms with Crippen molar-refractivity contribution in [1.82, 2.24) is 4.90 Å². The van der Waals surface area contributed by atoms with Gasteiger partial charge in [-0.15, -0.1) is 0 Å². The zero-order valence-electron chi connectivity index (χ0n) is 4.82. The van der Waals surface area contributed by atoms with Crippen molar-refractivity contribution >= 4 is 28.4 Å². The second kappa shape index (κ2) is 2.21. The zero-order valence-corrected chi connectivity index (χ0v) is 6.97. The summed E-state index contributed by atoms with van der Waals surface area (Å²) >= 11 is 2.38. The standard InChI is InChI=1S/C5H9IN2/c1-8-3-4(6)2-5(8)7/h4,7H,2-3H2,1H3. The van der Waals surface area contributed by atoms with Crippen molar-refractivity contribution in [2.45, 2.75) is 10.3 Å². The summed E-state index contributed by atoms with van der Waals surface area (Å²) in [5, 5.41) is 7.31. The van der Waals surface area contributed by atoms with E-state index in [1.807, 2.05) is 11.9 Å². The van der Waals surface area contributed by atoms with Gasteiger partial charge in [0.15, 0.2) is 0 Å². The highest BCUT2D eigenvalue weighted by atomic mass is 127. The van der Waals surface area contributed by atoms with E-state index >= 15 is 0 Å². The molecule has 1 N–H and O–H groups in total. The van der Waals surface area contributed by atoms with Crippen LogP contribution >= 0.6 is 22.6 Å². The van der Waals surface area contributed by atoms with E-state index in [4.69, 9.17) is 5.41 Å². The second-order valence-corrected chi connectivity index (χ2v) is 3.89. The lowest BCUT2D eigenvalue weighted by molar-refractivity contribution is 0.556. The number of likely N-dealkylation sites (tertiary alicyclic amines) is 1. The molecule has 0 aromatic heterocycles. The van der Waals surface area contributed by atoms with Gasteiger partial charge in [-0.2, -0.15) is 0 Å². The number of alkyl halides is 1. The number of halogens is 1. The van der Waals surface area contributed by atoms with E-state index in [9.17, 15) is 0 Å². The van der Waals surface area contributed by atoms with Crippen molar-refractivity contribution in [2.24, 2.45) is 0 Å². The molecule has 1 saturated heterocycles. The highest BCUT2D eigenvalue weighted by molar-refractivity contribution is 14.1. The van der Waals surface area contributed by atoms with Crippen LogP contribution < -0.4 is 0 Å². The van der Waals surface area contributed by atoms with Gasteiger partial charge in [-0.05, 0) is 0 Å². The monoisotopic (exact) mass is 224 g/mol. The predicted octanol–water partition coefficient (Wildman–Crippen LogP) is 1.10. The van der Waals surface area contributed by atoms with Gasteiger partial charge in [-0.3, -0.25) is 5.41 Å². The van der Waals surface area contributed by atoms with Gasteiger partial charge in [0.05, 0.1) is 5.84 Å². The molecule has 1 aliphatic rings. The van der Waals surface area contributed by atoms with Gasteiger partial charge in [-0.1, -0.05) is 22.6 Å².